The molecule has 30 heavy (non-hydrogen) atoms. The molecule has 0 aliphatic carbocycles. The van der Waals surface area contributed by atoms with Crippen LogP contribution in [0.2, 0.25) is 0 Å². The molecule has 0 aromatic heterocycles. The fourth-order valence-corrected chi connectivity index (χ4v) is 4.48. The van der Waals surface area contributed by atoms with Gasteiger partial charge in [-0.2, -0.15) is 0 Å². The van der Waals surface area contributed by atoms with Crippen molar-refractivity contribution >= 4 is 23.2 Å². The number of benzene rings is 1. The lowest BCUT2D eigenvalue weighted by Crippen LogP contribution is -2.50. The van der Waals surface area contributed by atoms with Crippen molar-refractivity contribution in [2.45, 2.75) is 67.2 Å². The Morgan fingerprint density at radius 3 is 2.07 bits per heavy atom. The minimum atomic E-state index is 0.0769. The first-order valence-corrected chi connectivity index (χ1v) is 11.6. The molecule has 0 spiro atoms. The average Bonchev–Trinajstić information content (AvgIpc) is 2.68. The molecule has 1 heterocycles. The summed E-state index contributed by atoms with van der Waals surface area (Å²) in [4.78, 5) is 29.2. The van der Waals surface area contributed by atoms with Gasteiger partial charge in [-0.05, 0) is 54.9 Å². The van der Waals surface area contributed by atoms with E-state index in [9.17, 15) is 9.59 Å². The van der Waals surface area contributed by atoms with Crippen molar-refractivity contribution in [1.82, 2.24) is 4.90 Å². The van der Waals surface area contributed by atoms with Gasteiger partial charge >= 0.3 is 0 Å². The summed E-state index contributed by atoms with van der Waals surface area (Å²) in [6.45, 7) is 16.2. The Kier molecular flexibility index (Phi) is 8.75. The highest BCUT2D eigenvalue weighted by atomic mass is 16.2. The molecule has 0 saturated carbocycles. The van der Waals surface area contributed by atoms with Crippen LogP contribution in [0, 0.1) is 17.3 Å². The summed E-state index contributed by atoms with van der Waals surface area (Å²) in [6, 6.07) is 8.08. The number of carbonyl (C=O) groups is 2. The van der Waals surface area contributed by atoms with E-state index in [2.05, 4.69) is 63.9 Å². The number of hydrogen-bond donors (Lipinski definition) is 1. The second-order valence-electron chi connectivity index (χ2n) is 9.99. The average molecular weight is 416 g/mol. The molecule has 1 fully saturated rings. The lowest BCUT2D eigenvalue weighted by Gasteiger charge is -2.37. The van der Waals surface area contributed by atoms with Crippen LogP contribution >= 0.6 is 0 Å². The maximum Gasteiger partial charge on any atom is 0.225 e. The highest BCUT2D eigenvalue weighted by molar-refractivity contribution is 5.91. The van der Waals surface area contributed by atoms with Gasteiger partial charge < -0.3 is 15.1 Å². The summed E-state index contributed by atoms with van der Waals surface area (Å²) in [5.41, 5.74) is 2.22. The Labute approximate surface area is 183 Å². The van der Waals surface area contributed by atoms with E-state index < -0.39 is 0 Å². The lowest BCUT2D eigenvalue weighted by atomic mass is 9.84. The van der Waals surface area contributed by atoms with Crippen molar-refractivity contribution in [1.29, 1.82) is 0 Å². The zero-order chi connectivity index (χ0) is 22.3. The molecule has 1 aliphatic rings. The summed E-state index contributed by atoms with van der Waals surface area (Å²) < 4.78 is 0. The van der Waals surface area contributed by atoms with Crippen LogP contribution in [0.3, 0.4) is 0 Å². The number of carbonyl (C=O) groups excluding carboxylic acids is 2. The van der Waals surface area contributed by atoms with Gasteiger partial charge in [0, 0.05) is 49.9 Å². The molecule has 5 nitrogen and oxygen atoms in total. The van der Waals surface area contributed by atoms with E-state index in [-0.39, 0.29) is 17.2 Å². The van der Waals surface area contributed by atoms with Gasteiger partial charge in [0.05, 0.1) is 0 Å². The van der Waals surface area contributed by atoms with Crippen LogP contribution in [-0.2, 0) is 9.59 Å². The SMILES string of the molecule is CCC(CC)C(=O)N1CCN(c2ccc(NC(=O)C[C@H](C)CC(C)(C)C)cc2)CC1. The van der Waals surface area contributed by atoms with Crippen LogP contribution in [0.25, 0.3) is 0 Å². The second kappa shape index (κ2) is 10.8. The molecule has 1 aliphatic heterocycles. The number of anilines is 2. The third-order valence-corrected chi connectivity index (χ3v) is 5.94. The topological polar surface area (TPSA) is 52.7 Å². The van der Waals surface area contributed by atoms with Crippen molar-refractivity contribution in [2.24, 2.45) is 17.3 Å². The molecule has 2 amide bonds. The van der Waals surface area contributed by atoms with E-state index >= 15 is 0 Å². The van der Waals surface area contributed by atoms with Crippen molar-refractivity contribution < 1.29 is 9.59 Å². The largest absolute Gasteiger partial charge is 0.368 e. The zero-order valence-corrected chi connectivity index (χ0v) is 19.8. The maximum atomic E-state index is 12.6. The summed E-state index contributed by atoms with van der Waals surface area (Å²) in [5.74, 6) is 0.903. The highest BCUT2D eigenvalue weighted by Gasteiger charge is 2.25. The minimum absolute atomic E-state index is 0.0769. The Morgan fingerprint density at radius 2 is 1.57 bits per heavy atom. The summed E-state index contributed by atoms with van der Waals surface area (Å²) in [7, 11) is 0. The fourth-order valence-electron chi connectivity index (χ4n) is 4.48. The smallest absolute Gasteiger partial charge is 0.225 e. The van der Waals surface area contributed by atoms with Crippen LogP contribution in [0.4, 0.5) is 11.4 Å². The number of amides is 2. The second-order valence-corrected chi connectivity index (χ2v) is 9.99. The predicted octanol–water partition coefficient (Wildman–Crippen LogP) is 5.17. The van der Waals surface area contributed by atoms with Gasteiger partial charge in [0.2, 0.25) is 11.8 Å². The summed E-state index contributed by atoms with van der Waals surface area (Å²) >= 11 is 0. The van der Waals surface area contributed by atoms with Gasteiger partial charge in [0.1, 0.15) is 0 Å². The monoisotopic (exact) mass is 415 g/mol. The van der Waals surface area contributed by atoms with Crippen LogP contribution in [-0.4, -0.2) is 42.9 Å². The third-order valence-electron chi connectivity index (χ3n) is 5.94. The summed E-state index contributed by atoms with van der Waals surface area (Å²) in [6.07, 6.45) is 3.41. The third kappa shape index (κ3) is 7.33. The molecule has 5 heteroatoms. The van der Waals surface area contributed by atoms with E-state index in [1.54, 1.807) is 0 Å². The quantitative estimate of drug-likeness (QED) is 0.637. The van der Waals surface area contributed by atoms with Crippen molar-refractivity contribution in [2.75, 3.05) is 36.4 Å². The van der Waals surface area contributed by atoms with Crippen molar-refractivity contribution in [3.63, 3.8) is 0 Å². The molecule has 1 aromatic rings. The van der Waals surface area contributed by atoms with Crippen LogP contribution in [0.1, 0.15) is 67.2 Å². The Hall–Kier alpha value is -2.04. The van der Waals surface area contributed by atoms with Crippen molar-refractivity contribution in [3.8, 4) is 0 Å². The summed E-state index contributed by atoms with van der Waals surface area (Å²) in [5, 5.41) is 3.03. The van der Waals surface area contributed by atoms with Crippen LogP contribution in [0.5, 0.6) is 0 Å². The van der Waals surface area contributed by atoms with E-state index in [1.165, 1.54) is 0 Å². The molecule has 1 saturated heterocycles. The number of nitrogens with one attached hydrogen (secondary N) is 1. The van der Waals surface area contributed by atoms with Gasteiger partial charge in [-0.3, -0.25) is 9.59 Å². The van der Waals surface area contributed by atoms with Gasteiger partial charge in [-0.1, -0.05) is 41.5 Å². The molecule has 0 bridgehead atoms. The van der Waals surface area contributed by atoms with E-state index in [4.69, 9.17) is 0 Å². The Bertz CT molecular complexity index is 681. The first-order chi connectivity index (χ1) is 14.1. The van der Waals surface area contributed by atoms with E-state index in [0.717, 1.165) is 56.8 Å². The highest BCUT2D eigenvalue weighted by Crippen LogP contribution is 2.26. The van der Waals surface area contributed by atoms with Gasteiger partial charge in [0.15, 0.2) is 0 Å². The minimum Gasteiger partial charge on any atom is -0.368 e. The molecule has 0 radical (unpaired) electrons. The standard InChI is InChI=1S/C25H41N3O2/c1-7-20(8-2)24(30)28-15-13-27(14-16-28)22-11-9-21(10-12-22)26-23(29)17-19(3)18-25(4,5)6/h9-12,19-20H,7-8,13-18H2,1-6H3,(H,26,29)/t19-/m0/s1. The first kappa shape index (κ1) is 24.2. The number of hydrogen-bond acceptors (Lipinski definition) is 3. The molecular formula is C25H41N3O2. The van der Waals surface area contributed by atoms with Gasteiger partial charge in [-0.15, -0.1) is 0 Å². The van der Waals surface area contributed by atoms with Gasteiger partial charge in [-0.25, -0.2) is 0 Å². The maximum absolute atomic E-state index is 12.6. The molecule has 1 N–H and O–H groups in total. The number of rotatable bonds is 8. The van der Waals surface area contributed by atoms with Crippen molar-refractivity contribution in [3.05, 3.63) is 24.3 Å². The molecule has 2 rings (SSSR count). The van der Waals surface area contributed by atoms with E-state index in [0.29, 0.717) is 18.2 Å². The lowest BCUT2D eigenvalue weighted by molar-refractivity contribution is -0.136. The molecular weight excluding hydrogens is 374 g/mol. The number of nitrogens with zero attached hydrogens (tertiary/aromatic N) is 2. The molecule has 0 unspecified atom stereocenters. The molecule has 1 atom stereocenters. The Balaban J connectivity index is 1.84. The van der Waals surface area contributed by atoms with Crippen LogP contribution in [0.15, 0.2) is 24.3 Å². The van der Waals surface area contributed by atoms with Gasteiger partial charge in [0.25, 0.3) is 0 Å². The predicted molar refractivity (Wildman–Crippen MR) is 126 cm³/mol. The fraction of sp³-hybridized carbons (Fsp3) is 0.680. The first-order valence-electron chi connectivity index (χ1n) is 11.6. The zero-order valence-electron chi connectivity index (χ0n) is 19.8. The van der Waals surface area contributed by atoms with Crippen LogP contribution < -0.4 is 10.2 Å². The van der Waals surface area contributed by atoms with E-state index in [1.807, 2.05) is 17.0 Å². The Morgan fingerprint density at radius 1 is 1.00 bits per heavy atom. The molecule has 1 aromatic carbocycles. The molecule has 168 valence electrons. The number of piperazine rings is 1. The normalized spacial score (nSPS) is 16.0.